The third kappa shape index (κ3) is 7.83. The number of hydroxylamine groups is 1. The summed E-state index contributed by atoms with van der Waals surface area (Å²) < 4.78 is 6.06. The molecule has 4 aliphatic rings. The van der Waals surface area contributed by atoms with Crippen molar-refractivity contribution in [3.8, 4) is 0 Å². The number of amides is 2. The third-order valence-corrected chi connectivity index (χ3v) is 11.4. The number of rotatable bonds is 13. The summed E-state index contributed by atoms with van der Waals surface area (Å²) in [6.07, 6.45) is 2.98. The van der Waals surface area contributed by atoms with E-state index in [2.05, 4.69) is 10.8 Å². The van der Waals surface area contributed by atoms with Gasteiger partial charge in [-0.3, -0.25) is 24.1 Å². The highest BCUT2D eigenvalue weighted by Gasteiger charge is 2.61. The lowest BCUT2D eigenvalue weighted by Gasteiger charge is -2.34. The van der Waals surface area contributed by atoms with E-state index in [0.29, 0.717) is 37.1 Å². The van der Waals surface area contributed by atoms with Gasteiger partial charge in [-0.15, -0.1) is 0 Å². The van der Waals surface area contributed by atoms with Crippen molar-refractivity contribution >= 4 is 40.9 Å². The molecule has 0 aromatic heterocycles. The number of fused-ring (bicyclic) bond motifs is 1. The molecule has 1 aliphatic heterocycles. The lowest BCUT2D eigenvalue weighted by Crippen LogP contribution is -2.46. The molecule has 9 nitrogen and oxygen atoms in total. The predicted octanol–water partition coefficient (Wildman–Crippen LogP) is 7.42. The zero-order valence-electron chi connectivity index (χ0n) is 29.4. The molecule has 3 fully saturated rings. The first-order chi connectivity index (χ1) is 23.3. The summed E-state index contributed by atoms with van der Waals surface area (Å²) in [5, 5.41) is 4.09. The van der Waals surface area contributed by atoms with Gasteiger partial charge < -0.3 is 10.1 Å². The topological polar surface area (TPSA) is 114 Å². The van der Waals surface area contributed by atoms with Crippen molar-refractivity contribution in [1.29, 1.82) is 0 Å². The van der Waals surface area contributed by atoms with Crippen LogP contribution in [0, 0.1) is 41.4 Å². The van der Waals surface area contributed by atoms with Crippen LogP contribution in [-0.4, -0.2) is 47.2 Å². The fourth-order valence-electron chi connectivity index (χ4n) is 7.86. The molecule has 10 heteroatoms. The molecule has 6 rings (SSSR count). The molecule has 6 atom stereocenters. The Hall–Kier alpha value is -3.43. The number of nitrogens with one attached hydrogen (secondary N) is 2. The molecule has 2 N–H and O–H groups in total. The van der Waals surface area contributed by atoms with Gasteiger partial charge in [-0.25, -0.2) is 10.3 Å². The highest BCUT2D eigenvalue weighted by Crippen LogP contribution is 2.58. The predicted molar refractivity (Wildman–Crippen MR) is 188 cm³/mol. The Labute approximate surface area is 294 Å². The van der Waals surface area contributed by atoms with Gasteiger partial charge in [-0.2, -0.15) is 0 Å². The SMILES string of the molecule is CC[C@@H]1C[C@]1(CC(=O)[C@@H]1C[C@@H](OC(=O)N2Cc3cccc(Cl)c3C2)CC1C(=O)[C@@H](Nc1cccc(C)c1)C(C)(C)C)C(=O)NOCC1CC1. The van der Waals surface area contributed by atoms with Crippen LogP contribution < -0.4 is 10.8 Å². The lowest BCUT2D eigenvalue weighted by atomic mass is 9.75. The van der Waals surface area contributed by atoms with Gasteiger partial charge in [0.25, 0.3) is 0 Å². The van der Waals surface area contributed by atoms with Crippen molar-refractivity contribution in [2.75, 3.05) is 11.9 Å². The molecule has 1 unspecified atom stereocenters. The summed E-state index contributed by atoms with van der Waals surface area (Å²) in [6.45, 7) is 11.3. The van der Waals surface area contributed by atoms with Gasteiger partial charge in [0.1, 0.15) is 11.9 Å². The number of nitrogens with zero attached hydrogens (tertiary/aromatic N) is 1. The monoisotopic (exact) mass is 691 g/mol. The number of aryl methyl sites for hydroxylation is 1. The van der Waals surface area contributed by atoms with Crippen molar-refractivity contribution in [1.82, 2.24) is 10.4 Å². The van der Waals surface area contributed by atoms with Gasteiger partial charge in [0.15, 0.2) is 5.78 Å². The Bertz CT molecular complexity index is 1600. The molecule has 3 aliphatic carbocycles. The van der Waals surface area contributed by atoms with Crippen molar-refractivity contribution in [3.63, 3.8) is 0 Å². The number of carbonyl (C=O) groups is 4. The third-order valence-electron chi connectivity index (χ3n) is 11.1. The van der Waals surface area contributed by atoms with Crippen LogP contribution in [0.25, 0.3) is 0 Å². The van der Waals surface area contributed by atoms with Gasteiger partial charge in [0.05, 0.1) is 24.6 Å². The van der Waals surface area contributed by atoms with Crippen LogP contribution in [0.15, 0.2) is 42.5 Å². The number of anilines is 1. The van der Waals surface area contributed by atoms with Gasteiger partial charge in [0, 0.05) is 35.5 Å². The molecular formula is C39H50ClN3O6. The summed E-state index contributed by atoms with van der Waals surface area (Å²) in [5.74, 6) is -1.27. The number of halogens is 1. The van der Waals surface area contributed by atoms with E-state index in [1.807, 2.05) is 77.1 Å². The molecule has 49 heavy (non-hydrogen) atoms. The molecule has 2 aromatic carbocycles. The minimum atomic E-state index is -0.846. The van der Waals surface area contributed by atoms with E-state index in [0.717, 1.165) is 41.6 Å². The smallest absolute Gasteiger partial charge is 0.410 e. The average molecular weight is 692 g/mol. The van der Waals surface area contributed by atoms with Gasteiger partial charge in [-0.05, 0) is 91.2 Å². The van der Waals surface area contributed by atoms with Crippen LogP contribution in [0.5, 0.6) is 0 Å². The Kier molecular flexibility index (Phi) is 10.2. The van der Waals surface area contributed by atoms with Crippen LogP contribution in [0.3, 0.4) is 0 Å². The summed E-state index contributed by atoms with van der Waals surface area (Å²) in [4.78, 5) is 63.1. The highest BCUT2D eigenvalue weighted by atomic mass is 35.5. The second-order valence-corrected chi connectivity index (χ2v) is 16.3. The molecule has 264 valence electrons. The quantitative estimate of drug-likeness (QED) is 0.210. The van der Waals surface area contributed by atoms with Crippen molar-refractivity contribution in [2.24, 2.45) is 34.5 Å². The van der Waals surface area contributed by atoms with Crippen LogP contribution in [0.4, 0.5) is 10.5 Å². The minimum absolute atomic E-state index is 0.0324. The van der Waals surface area contributed by atoms with E-state index >= 15 is 0 Å². The molecule has 0 radical (unpaired) electrons. The van der Waals surface area contributed by atoms with E-state index in [-0.39, 0.29) is 42.7 Å². The molecule has 3 saturated carbocycles. The maximum Gasteiger partial charge on any atom is 0.410 e. The molecule has 0 bridgehead atoms. The lowest BCUT2D eigenvalue weighted by molar-refractivity contribution is -0.143. The first-order valence-electron chi connectivity index (χ1n) is 17.8. The van der Waals surface area contributed by atoms with E-state index in [9.17, 15) is 19.2 Å². The second-order valence-electron chi connectivity index (χ2n) is 15.9. The summed E-state index contributed by atoms with van der Waals surface area (Å²) in [5.41, 5.74) is 5.10. The van der Waals surface area contributed by atoms with E-state index < -0.39 is 40.9 Å². The van der Waals surface area contributed by atoms with Crippen LogP contribution >= 0.6 is 11.6 Å². The Morgan fingerprint density at radius 2 is 1.78 bits per heavy atom. The number of hydrogen-bond acceptors (Lipinski definition) is 7. The van der Waals surface area contributed by atoms with Crippen LogP contribution in [0.2, 0.25) is 5.02 Å². The molecular weight excluding hydrogens is 642 g/mol. The molecule has 0 spiro atoms. The number of ether oxygens (including phenoxy) is 1. The standard InChI is InChI=1S/C39H50ClN3O6/c1-6-26-18-39(26,36(46)42-48-22-24-13-14-24)19-33(44)29-16-28(49-37(47)43-20-25-10-8-12-32(40)31(25)21-43)17-30(29)34(45)35(38(3,4)5)41-27-11-7-9-23(2)15-27/h7-12,15,24,26,28-30,35,41H,6,13-14,16-22H2,1-5H3,(H,42,46)/t26-,28-,29-,30?,35-,39-/m1/s1. The maximum atomic E-state index is 14.6. The number of Topliss-reactive ketones (excluding diaryl/α,β-unsaturated/α-hetero) is 2. The summed E-state index contributed by atoms with van der Waals surface area (Å²) >= 11 is 6.40. The summed E-state index contributed by atoms with van der Waals surface area (Å²) in [7, 11) is 0. The second kappa shape index (κ2) is 14.1. The van der Waals surface area contributed by atoms with Gasteiger partial charge >= 0.3 is 6.09 Å². The zero-order valence-corrected chi connectivity index (χ0v) is 30.1. The Morgan fingerprint density at radius 1 is 1.04 bits per heavy atom. The maximum absolute atomic E-state index is 14.6. The van der Waals surface area contributed by atoms with Gasteiger partial charge in [-0.1, -0.05) is 70.0 Å². The highest BCUT2D eigenvalue weighted by molar-refractivity contribution is 6.31. The normalized spacial score (nSPS) is 26.5. The number of benzene rings is 2. The molecule has 2 aromatic rings. The fraction of sp³-hybridized carbons (Fsp3) is 0.590. The molecule has 1 heterocycles. The number of hydrogen-bond donors (Lipinski definition) is 2. The van der Waals surface area contributed by atoms with E-state index in [1.54, 1.807) is 4.90 Å². The Morgan fingerprint density at radius 3 is 2.43 bits per heavy atom. The average Bonchev–Trinajstić information content (AvgIpc) is 3.91. The number of carbonyl (C=O) groups excluding carboxylic acids is 4. The Balaban J connectivity index is 1.21. The minimum Gasteiger partial charge on any atom is -0.446 e. The fourth-order valence-corrected chi connectivity index (χ4v) is 8.11. The van der Waals surface area contributed by atoms with Crippen molar-refractivity contribution in [2.45, 2.75) is 105 Å². The first kappa shape index (κ1) is 35.4. The molecule has 0 saturated heterocycles. The van der Waals surface area contributed by atoms with Gasteiger partial charge in [0.2, 0.25) is 5.91 Å². The van der Waals surface area contributed by atoms with E-state index in [1.165, 1.54) is 0 Å². The van der Waals surface area contributed by atoms with Crippen molar-refractivity contribution < 1.29 is 28.8 Å². The van der Waals surface area contributed by atoms with Crippen molar-refractivity contribution in [3.05, 3.63) is 64.2 Å². The van der Waals surface area contributed by atoms with E-state index in [4.69, 9.17) is 21.2 Å². The molecule has 2 amide bonds. The van der Waals surface area contributed by atoms with Crippen LogP contribution in [0.1, 0.15) is 89.3 Å². The number of ketones is 2. The van der Waals surface area contributed by atoms with Crippen LogP contribution in [-0.2, 0) is 37.0 Å². The first-order valence-corrected chi connectivity index (χ1v) is 18.2. The summed E-state index contributed by atoms with van der Waals surface area (Å²) in [6, 6.07) is 12.9. The zero-order chi connectivity index (χ0) is 35.1. The largest absolute Gasteiger partial charge is 0.446 e.